The average molecular weight is 258 g/mol. The van der Waals surface area contributed by atoms with Gasteiger partial charge in [-0.15, -0.1) is 0 Å². The maximum atomic E-state index is 11.9. The summed E-state index contributed by atoms with van der Waals surface area (Å²) in [7, 11) is -1.16. The molecule has 94 valence electrons. The van der Waals surface area contributed by atoms with Crippen molar-refractivity contribution in [1.29, 1.82) is 0 Å². The lowest BCUT2D eigenvalue weighted by Gasteiger charge is -2.17. The molecule has 0 spiro atoms. The molecular weight excluding hydrogens is 246 g/mol. The Morgan fingerprint density at radius 2 is 1.88 bits per heavy atom. The molecule has 0 bridgehead atoms. The van der Waals surface area contributed by atoms with Gasteiger partial charge in [0.1, 0.15) is 5.75 Å². The fourth-order valence-electron chi connectivity index (χ4n) is 1.19. The molecule has 0 N–H and O–H groups in total. The third kappa shape index (κ3) is 3.18. The first-order valence-electron chi connectivity index (χ1n) is 4.68. The molecule has 7 heteroatoms. The predicted molar refractivity (Wildman–Crippen MR) is 57.8 cm³/mol. The molecule has 0 saturated carbocycles. The molecule has 0 saturated heterocycles. The smallest absolute Gasteiger partial charge is 0.243 e. The number of aliphatic carboxylic acids is 1. The number of methoxy groups -OCH3 is 1. The van der Waals surface area contributed by atoms with E-state index < -0.39 is 22.5 Å². The van der Waals surface area contributed by atoms with Gasteiger partial charge in [-0.1, -0.05) is 0 Å². The van der Waals surface area contributed by atoms with Gasteiger partial charge >= 0.3 is 0 Å². The van der Waals surface area contributed by atoms with E-state index in [1.807, 2.05) is 0 Å². The van der Waals surface area contributed by atoms with Gasteiger partial charge < -0.3 is 14.6 Å². The predicted octanol–water partition coefficient (Wildman–Crippen LogP) is -0.934. The Labute approximate surface area is 99.5 Å². The summed E-state index contributed by atoms with van der Waals surface area (Å²) in [5, 5.41) is 10.4. The van der Waals surface area contributed by atoms with Gasteiger partial charge in [0.05, 0.1) is 24.5 Å². The number of nitrogens with zero attached hydrogens (tertiary/aromatic N) is 1. The number of carboxylic acid groups (broad SMARTS) is 1. The van der Waals surface area contributed by atoms with E-state index in [0.717, 1.165) is 0 Å². The molecule has 1 aromatic carbocycles. The summed E-state index contributed by atoms with van der Waals surface area (Å²) in [6.45, 7) is -0.686. The van der Waals surface area contributed by atoms with Gasteiger partial charge in [-0.2, -0.15) is 4.31 Å². The van der Waals surface area contributed by atoms with Crippen molar-refractivity contribution in [3.8, 4) is 5.75 Å². The fourth-order valence-corrected chi connectivity index (χ4v) is 2.31. The van der Waals surface area contributed by atoms with Crippen LogP contribution in [-0.2, 0) is 14.8 Å². The highest BCUT2D eigenvalue weighted by molar-refractivity contribution is 7.89. The van der Waals surface area contributed by atoms with E-state index >= 15 is 0 Å². The van der Waals surface area contributed by atoms with Crippen LogP contribution >= 0.6 is 0 Å². The van der Waals surface area contributed by atoms with Crippen molar-refractivity contribution >= 4 is 16.0 Å². The first-order chi connectivity index (χ1) is 7.87. The molecule has 1 aromatic rings. The highest BCUT2D eigenvalue weighted by Gasteiger charge is 2.20. The summed E-state index contributed by atoms with van der Waals surface area (Å²) in [5.41, 5.74) is 0. The number of likely N-dealkylation sites (N-methyl/N-ethyl adjacent to an activating group) is 1. The Bertz CT molecular complexity index is 494. The van der Waals surface area contributed by atoms with E-state index in [2.05, 4.69) is 0 Å². The van der Waals surface area contributed by atoms with Gasteiger partial charge in [0.2, 0.25) is 10.0 Å². The molecule has 0 fully saturated rings. The van der Waals surface area contributed by atoms with Gasteiger partial charge in [0.15, 0.2) is 0 Å². The van der Waals surface area contributed by atoms with Crippen LogP contribution in [0.1, 0.15) is 0 Å². The van der Waals surface area contributed by atoms with Crippen LogP contribution in [0.15, 0.2) is 29.2 Å². The second-order valence-corrected chi connectivity index (χ2v) is 5.35. The van der Waals surface area contributed by atoms with Crippen LogP contribution in [0, 0.1) is 0 Å². The lowest BCUT2D eigenvalue weighted by Crippen LogP contribution is -2.39. The van der Waals surface area contributed by atoms with E-state index in [1.165, 1.54) is 38.4 Å². The monoisotopic (exact) mass is 258 g/mol. The first kappa shape index (κ1) is 13.5. The number of hydrogen-bond donors (Lipinski definition) is 0. The quantitative estimate of drug-likeness (QED) is 0.680. The summed E-state index contributed by atoms with van der Waals surface area (Å²) in [6, 6.07) is 5.67. The second kappa shape index (κ2) is 5.15. The van der Waals surface area contributed by atoms with Crippen LogP contribution in [0.2, 0.25) is 0 Å². The number of ether oxygens (including phenoxy) is 1. The standard InChI is InChI=1S/C10H13NO5S/c1-11(7-10(12)13)17(14,15)9-5-3-8(16-2)4-6-9/h3-6H,7H2,1-2H3,(H,12,13)/p-1. The molecule has 0 amide bonds. The topological polar surface area (TPSA) is 86.7 Å². The molecule has 0 atom stereocenters. The van der Waals surface area contributed by atoms with E-state index in [4.69, 9.17) is 4.74 Å². The Hall–Kier alpha value is -1.60. The molecule has 0 heterocycles. The van der Waals surface area contributed by atoms with Gasteiger partial charge in [-0.05, 0) is 24.3 Å². The number of hydrogen-bond acceptors (Lipinski definition) is 5. The van der Waals surface area contributed by atoms with Crippen LogP contribution < -0.4 is 9.84 Å². The van der Waals surface area contributed by atoms with E-state index in [0.29, 0.717) is 10.1 Å². The number of benzene rings is 1. The summed E-state index contributed by atoms with van der Waals surface area (Å²) < 4.78 is 29.3. The highest BCUT2D eigenvalue weighted by Crippen LogP contribution is 2.18. The zero-order chi connectivity index (χ0) is 13.1. The Morgan fingerprint density at radius 3 is 2.29 bits per heavy atom. The van der Waals surface area contributed by atoms with Gasteiger partial charge in [0, 0.05) is 7.05 Å². The van der Waals surface area contributed by atoms with Crippen LogP contribution in [-0.4, -0.2) is 39.4 Å². The molecule has 0 radical (unpaired) electrons. The number of rotatable bonds is 5. The molecule has 0 unspecified atom stereocenters. The summed E-state index contributed by atoms with van der Waals surface area (Å²) in [4.78, 5) is 10.4. The Morgan fingerprint density at radius 1 is 1.35 bits per heavy atom. The van der Waals surface area contributed by atoms with Crippen molar-refractivity contribution < 1.29 is 23.1 Å². The minimum atomic E-state index is -3.80. The highest BCUT2D eigenvalue weighted by atomic mass is 32.2. The number of sulfonamides is 1. The average Bonchev–Trinajstić information content (AvgIpc) is 2.28. The van der Waals surface area contributed by atoms with Crippen LogP contribution in [0.5, 0.6) is 5.75 Å². The fraction of sp³-hybridized carbons (Fsp3) is 0.300. The lowest BCUT2D eigenvalue weighted by molar-refractivity contribution is -0.305. The van der Waals surface area contributed by atoms with E-state index in [9.17, 15) is 18.3 Å². The van der Waals surface area contributed by atoms with Crippen molar-refractivity contribution in [2.24, 2.45) is 0 Å². The minimum absolute atomic E-state index is 0.00190. The first-order valence-corrected chi connectivity index (χ1v) is 6.12. The lowest BCUT2D eigenvalue weighted by atomic mass is 10.3. The maximum absolute atomic E-state index is 11.9. The normalized spacial score (nSPS) is 11.5. The number of carboxylic acids is 1. The molecule has 0 aliphatic carbocycles. The van der Waals surface area contributed by atoms with Gasteiger partial charge in [-0.25, -0.2) is 8.42 Å². The Balaban J connectivity index is 3.00. The van der Waals surface area contributed by atoms with Crippen molar-refractivity contribution in [2.75, 3.05) is 20.7 Å². The Kier molecular flexibility index (Phi) is 4.08. The van der Waals surface area contributed by atoms with Crippen LogP contribution in [0.3, 0.4) is 0 Å². The van der Waals surface area contributed by atoms with Gasteiger partial charge in [-0.3, -0.25) is 0 Å². The van der Waals surface area contributed by atoms with Crippen molar-refractivity contribution in [3.05, 3.63) is 24.3 Å². The molecule has 0 aliphatic rings. The summed E-state index contributed by atoms with van der Waals surface area (Å²) >= 11 is 0. The van der Waals surface area contributed by atoms with E-state index in [1.54, 1.807) is 0 Å². The largest absolute Gasteiger partial charge is 0.549 e. The zero-order valence-corrected chi connectivity index (χ0v) is 10.2. The third-order valence-corrected chi connectivity index (χ3v) is 3.94. The van der Waals surface area contributed by atoms with Gasteiger partial charge in [0.25, 0.3) is 0 Å². The minimum Gasteiger partial charge on any atom is -0.549 e. The molecule has 1 rings (SSSR count). The van der Waals surface area contributed by atoms with E-state index in [-0.39, 0.29) is 4.90 Å². The van der Waals surface area contributed by atoms with Crippen LogP contribution in [0.25, 0.3) is 0 Å². The molecule has 0 aromatic heterocycles. The van der Waals surface area contributed by atoms with Crippen molar-refractivity contribution in [2.45, 2.75) is 4.90 Å². The van der Waals surface area contributed by atoms with Crippen molar-refractivity contribution in [1.82, 2.24) is 4.31 Å². The summed E-state index contributed by atoms with van der Waals surface area (Å²) in [6.07, 6.45) is 0. The molecule has 6 nitrogen and oxygen atoms in total. The SMILES string of the molecule is COc1ccc(S(=O)(=O)N(C)CC(=O)[O-])cc1. The second-order valence-electron chi connectivity index (χ2n) is 3.31. The maximum Gasteiger partial charge on any atom is 0.243 e. The number of carbonyl (C=O) groups excluding carboxylic acids is 1. The molecular formula is C10H12NO5S-. The van der Waals surface area contributed by atoms with Crippen molar-refractivity contribution in [3.63, 3.8) is 0 Å². The van der Waals surface area contributed by atoms with Crippen LogP contribution in [0.4, 0.5) is 0 Å². The molecule has 17 heavy (non-hydrogen) atoms. The molecule has 0 aliphatic heterocycles. The zero-order valence-electron chi connectivity index (χ0n) is 9.41. The number of carbonyl (C=O) groups is 1. The third-order valence-electron chi connectivity index (χ3n) is 2.12. The summed E-state index contributed by atoms with van der Waals surface area (Å²) in [5.74, 6) is -0.934.